The summed E-state index contributed by atoms with van der Waals surface area (Å²) in [5.41, 5.74) is 0.0123. The maximum Gasteiger partial charge on any atom is 0.0724 e. The van der Waals surface area contributed by atoms with Crippen molar-refractivity contribution < 1.29 is 9.84 Å². The molecule has 0 bridgehead atoms. The topological polar surface area (TPSA) is 32.7 Å². The van der Waals surface area contributed by atoms with Gasteiger partial charge in [-0.25, -0.2) is 0 Å². The molecule has 0 aromatic rings. The molecule has 1 saturated carbocycles. The molecule has 1 atom stereocenters. The summed E-state index contributed by atoms with van der Waals surface area (Å²) in [6.45, 7) is 3.54. The largest absolute Gasteiger partial charge is 0.391 e. The van der Waals surface area contributed by atoms with Crippen LogP contribution in [0.2, 0.25) is 0 Å². The van der Waals surface area contributed by atoms with Crippen LogP contribution in [0, 0.1) is 12.3 Å². The van der Waals surface area contributed by atoms with Gasteiger partial charge < -0.3 is 9.84 Å². The Bertz CT molecular complexity index is 285. The van der Waals surface area contributed by atoms with Gasteiger partial charge in [0, 0.05) is 25.0 Å². The summed E-state index contributed by atoms with van der Waals surface area (Å²) in [5, 5.41) is 10.6. The average Bonchev–Trinajstić information content (AvgIpc) is 2.90. The lowest BCUT2D eigenvalue weighted by atomic mass is 9.85. The van der Waals surface area contributed by atoms with Crippen LogP contribution in [-0.2, 0) is 4.74 Å². The smallest absolute Gasteiger partial charge is 0.0724 e. The molecule has 3 heteroatoms. The summed E-state index contributed by atoms with van der Waals surface area (Å²) < 4.78 is 5.43. The zero-order chi connectivity index (χ0) is 12.8. The van der Waals surface area contributed by atoms with E-state index in [1.54, 1.807) is 0 Å². The molecule has 1 saturated heterocycles. The number of nitrogens with zero attached hydrogens (tertiary/aromatic N) is 1. The molecule has 1 N–H and O–H groups in total. The molecule has 2 fully saturated rings. The maximum atomic E-state index is 10.6. The van der Waals surface area contributed by atoms with E-state index in [0.29, 0.717) is 0 Å². The van der Waals surface area contributed by atoms with Crippen LogP contribution in [0.1, 0.15) is 44.9 Å². The zero-order valence-electron chi connectivity index (χ0n) is 11.2. The SMILES string of the molecule is C#CCCCC(O)C1(N2CCOCC2)CCCC1. The molecule has 2 aliphatic rings. The summed E-state index contributed by atoms with van der Waals surface area (Å²) in [6, 6.07) is 0. The van der Waals surface area contributed by atoms with Crippen molar-refractivity contribution in [2.24, 2.45) is 0 Å². The van der Waals surface area contributed by atoms with Crippen molar-refractivity contribution in [3.63, 3.8) is 0 Å². The molecular weight excluding hydrogens is 226 g/mol. The van der Waals surface area contributed by atoms with Crippen LogP contribution in [0.15, 0.2) is 0 Å². The molecule has 102 valence electrons. The number of ether oxygens (including phenoxy) is 1. The number of morpholine rings is 1. The van der Waals surface area contributed by atoms with E-state index in [0.717, 1.165) is 58.4 Å². The molecule has 1 heterocycles. The van der Waals surface area contributed by atoms with Crippen molar-refractivity contribution in [1.29, 1.82) is 0 Å². The second kappa shape index (κ2) is 6.56. The van der Waals surface area contributed by atoms with Gasteiger partial charge in [-0.05, 0) is 25.7 Å². The van der Waals surface area contributed by atoms with E-state index in [1.807, 2.05) is 0 Å². The van der Waals surface area contributed by atoms with E-state index in [4.69, 9.17) is 11.2 Å². The fraction of sp³-hybridized carbons (Fsp3) is 0.867. The van der Waals surface area contributed by atoms with Gasteiger partial charge in [0.25, 0.3) is 0 Å². The van der Waals surface area contributed by atoms with Crippen molar-refractivity contribution in [3.05, 3.63) is 0 Å². The second-order valence-electron chi connectivity index (χ2n) is 5.52. The lowest BCUT2D eigenvalue weighted by Gasteiger charge is -2.46. The Morgan fingerprint density at radius 3 is 2.56 bits per heavy atom. The van der Waals surface area contributed by atoms with Crippen molar-refractivity contribution in [1.82, 2.24) is 4.90 Å². The Balaban J connectivity index is 1.98. The van der Waals surface area contributed by atoms with Gasteiger partial charge in [-0.2, -0.15) is 0 Å². The van der Waals surface area contributed by atoms with Gasteiger partial charge in [0.1, 0.15) is 0 Å². The maximum absolute atomic E-state index is 10.6. The second-order valence-corrected chi connectivity index (χ2v) is 5.52. The molecule has 0 radical (unpaired) electrons. The van der Waals surface area contributed by atoms with Crippen LogP contribution >= 0.6 is 0 Å². The minimum absolute atomic E-state index is 0.0123. The van der Waals surface area contributed by atoms with Crippen LogP contribution < -0.4 is 0 Å². The molecular formula is C15H25NO2. The molecule has 2 rings (SSSR count). The molecule has 1 aliphatic heterocycles. The summed E-state index contributed by atoms with van der Waals surface area (Å²) in [7, 11) is 0. The monoisotopic (exact) mass is 251 g/mol. The van der Waals surface area contributed by atoms with Crippen LogP contribution in [0.3, 0.4) is 0 Å². The van der Waals surface area contributed by atoms with Gasteiger partial charge >= 0.3 is 0 Å². The molecule has 0 aromatic carbocycles. The summed E-state index contributed by atoms with van der Waals surface area (Å²) in [4.78, 5) is 2.48. The standard InChI is InChI=1S/C15H25NO2/c1-2-3-4-7-14(17)15(8-5-6-9-15)16-10-12-18-13-11-16/h1,14,17H,3-13H2. The first kappa shape index (κ1) is 13.9. The molecule has 0 spiro atoms. The van der Waals surface area contributed by atoms with Crippen molar-refractivity contribution in [2.75, 3.05) is 26.3 Å². The van der Waals surface area contributed by atoms with E-state index in [9.17, 15) is 5.11 Å². The number of aliphatic hydroxyl groups is 1. The third kappa shape index (κ3) is 2.88. The summed E-state index contributed by atoms with van der Waals surface area (Å²) in [5.74, 6) is 2.66. The van der Waals surface area contributed by atoms with Crippen molar-refractivity contribution in [2.45, 2.75) is 56.6 Å². The number of terminal acetylenes is 1. The Morgan fingerprint density at radius 2 is 1.94 bits per heavy atom. The van der Waals surface area contributed by atoms with E-state index < -0.39 is 0 Å². The third-order valence-corrected chi connectivity index (χ3v) is 4.53. The van der Waals surface area contributed by atoms with E-state index >= 15 is 0 Å². The van der Waals surface area contributed by atoms with Crippen molar-refractivity contribution >= 4 is 0 Å². The Labute approximate surface area is 111 Å². The van der Waals surface area contributed by atoms with Gasteiger partial charge in [0.05, 0.1) is 19.3 Å². The Hall–Kier alpha value is -0.560. The van der Waals surface area contributed by atoms with E-state index in [-0.39, 0.29) is 11.6 Å². The van der Waals surface area contributed by atoms with Crippen molar-refractivity contribution in [3.8, 4) is 12.3 Å². The quantitative estimate of drug-likeness (QED) is 0.597. The lowest BCUT2D eigenvalue weighted by Crippen LogP contribution is -2.58. The number of hydrogen-bond donors (Lipinski definition) is 1. The van der Waals surface area contributed by atoms with E-state index in [2.05, 4.69) is 10.8 Å². The van der Waals surface area contributed by atoms with Crippen LogP contribution in [0.5, 0.6) is 0 Å². The lowest BCUT2D eigenvalue weighted by molar-refractivity contribution is -0.0782. The predicted molar refractivity (Wildman–Crippen MR) is 72.3 cm³/mol. The van der Waals surface area contributed by atoms with Gasteiger partial charge in [-0.15, -0.1) is 12.3 Å². The molecule has 1 aliphatic carbocycles. The van der Waals surface area contributed by atoms with Gasteiger partial charge in [-0.1, -0.05) is 12.8 Å². The minimum atomic E-state index is -0.230. The highest BCUT2D eigenvalue weighted by Gasteiger charge is 2.45. The molecule has 0 amide bonds. The highest BCUT2D eigenvalue weighted by Crippen LogP contribution is 2.40. The fourth-order valence-electron chi connectivity index (χ4n) is 3.52. The zero-order valence-corrected chi connectivity index (χ0v) is 11.2. The molecule has 18 heavy (non-hydrogen) atoms. The minimum Gasteiger partial charge on any atom is -0.391 e. The number of aliphatic hydroxyl groups excluding tert-OH is 1. The average molecular weight is 251 g/mol. The van der Waals surface area contributed by atoms with Gasteiger partial charge in [0.2, 0.25) is 0 Å². The first-order chi connectivity index (χ1) is 8.79. The van der Waals surface area contributed by atoms with Crippen LogP contribution in [-0.4, -0.2) is 48.0 Å². The molecule has 0 aromatic heterocycles. The summed E-state index contributed by atoms with van der Waals surface area (Å²) in [6.07, 6.45) is 12.3. The number of hydrogen-bond acceptors (Lipinski definition) is 3. The Morgan fingerprint density at radius 1 is 1.28 bits per heavy atom. The number of rotatable bonds is 5. The first-order valence-electron chi connectivity index (χ1n) is 7.24. The molecule has 1 unspecified atom stereocenters. The van der Waals surface area contributed by atoms with Crippen LogP contribution in [0.4, 0.5) is 0 Å². The van der Waals surface area contributed by atoms with Gasteiger partial charge in [-0.3, -0.25) is 4.90 Å². The summed E-state index contributed by atoms with van der Waals surface area (Å²) >= 11 is 0. The normalized spacial score (nSPS) is 25.8. The van der Waals surface area contributed by atoms with Gasteiger partial charge in [0.15, 0.2) is 0 Å². The Kier molecular flexibility index (Phi) is 5.05. The fourth-order valence-corrected chi connectivity index (χ4v) is 3.52. The highest BCUT2D eigenvalue weighted by atomic mass is 16.5. The first-order valence-corrected chi connectivity index (χ1v) is 7.24. The highest BCUT2D eigenvalue weighted by molar-refractivity contribution is 5.01. The third-order valence-electron chi connectivity index (χ3n) is 4.53. The molecule has 3 nitrogen and oxygen atoms in total. The number of unbranched alkanes of at least 4 members (excludes halogenated alkanes) is 1. The predicted octanol–water partition coefficient (Wildman–Crippen LogP) is 1.80. The van der Waals surface area contributed by atoms with E-state index in [1.165, 1.54) is 12.8 Å². The van der Waals surface area contributed by atoms with Crippen LogP contribution in [0.25, 0.3) is 0 Å².